The third kappa shape index (κ3) is 3.01. The maximum Gasteiger partial charge on any atom is 0.277 e. The van der Waals surface area contributed by atoms with Crippen LogP contribution >= 0.6 is 0 Å². The molecule has 3 aromatic rings. The van der Waals surface area contributed by atoms with E-state index >= 15 is 0 Å². The first kappa shape index (κ1) is 16.2. The second-order valence-corrected chi connectivity index (χ2v) is 6.28. The van der Waals surface area contributed by atoms with Crippen molar-refractivity contribution in [3.8, 4) is 0 Å². The van der Waals surface area contributed by atoms with Gasteiger partial charge in [0.1, 0.15) is 23.7 Å². The third-order valence-corrected chi connectivity index (χ3v) is 4.41. The van der Waals surface area contributed by atoms with Gasteiger partial charge in [-0.3, -0.25) is 4.79 Å². The summed E-state index contributed by atoms with van der Waals surface area (Å²) in [7, 11) is 0. The number of nitrogens with zero attached hydrogens (tertiary/aromatic N) is 3. The number of benzene rings is 2. The highest BCUT2D eigenvalue weighted by Crippen LogP contribution is 2.33. The summed E-state index contributed by atoms with van der Waals surface area (Å²) in [5.74, 6) is -0.0796. The molecular formula is C20H17FN4O. The smallest absolute Gasteiger partial charge is 0.277 e. The van der Waals surface area contributed by atoms with E-state index < -0.39 is 0 Å². The Morgan fingerprint density at radius 1 is 1.15 bits per heavy atom. The van der Waals surface area contributed by atoms with E-state index in [0.29, 0.717) is 17.2 Å². The van der Waals surface area contributed by atoms with E-state index in [4.69, 9.17) is 0 Å². The van der Waals surface area contributed by atoms with Crippen molar-refractivity contribution in [2.45, 2.75) is 19.4 Å². The zero-order valence-corrected chi connectivity index (χ0v) is 14.2. The van der Waals surface area contributed by atoms with Gasteiger partial charge in [-0.05, 0) is 43.2 Å². The van der Waals surface area contributed by atoms with Crippen molar-refractivity contribution in [3.63, 3.8) is 0 Å². The molecule has 0 saturated heterocycles. The van der Waals surface area contributed by atoms with Gasteiger partial charge < -0.3 is 10.2 Å². The van der Waals surface area contributed by atoms with Crippen LogP contribution in [0.3, 0.4) is 0 Å². The number of halogens is 1. The zero-order valence-electron chi connectivity index (χ0n) is 14.2. The van der Waals surface area contributed by atoms with E-state index in [9.17, 15) is 9.18 Å². The van der Waals surface area contributed by atoms with Crippen LogP contribution < -0.4 is 10.2 Å². The summed E-state index contributed by atoms with van der Waals surface area (Å²) >= 11 is 0. The van der Waals surface area contributed by atoms with E-state index in [0.717, 1.165) is 17.7 Å². The van der Waals surface area contributed by atoms with Gasteiger partial charge in [0.2, 0.25) is 0 Å². The molecule has 2 heterocycles. The largest absolute Gasteiger partial charge is 0.340 e. The van der Waals surface area contributed by atoms with Gasteiger partial charge in [0.15, 0.2) is 0 Å². The molecule has 130 valence electrons. The van der Waals surface area contributed by atoms with E-state index in [-0.39, 0.29) is 17.8 Å². The number of carbonyl (C=O) groups is 1. The van der Waals surface area contributed by atoms with Crippen molar-refractivity contribution in [2.75, 3.05) is 10.2 Å². The van der Waals surface area contributed by atoms with Gasteiger partial charge >= 0.3 is 0 Å². The van der Waals surface area contributed by atoms with Gasteiger partial charge in [-0.2, -0.15) is 0 Å². The van der Waals surface area contributed by atoms with Gasteiger partial charge in [-0.25, -0.2) is 14.4 Å². The lowest BCUT2D eigenvalue weighted by Crippen LogP contribution is -2.36. The van der Waals surface area contributed by atoms with E-state index in [1.807, 2.05) is 31.2 Å². The fourth-order valence-corrected chi connectivity index (χ4v) is 3.26. The molecule has 1 aliphatic rings. The van der Waals surface area contributed by atoms with Gasteiger partial charge in [-0.15, -0.1) is 0 Å². The molecule has 0 radical (unpaired) electrons. The van der Waals surface area contributed by atoms with Crippen molar-refractivity contribution < 1.29 is 9.18 Å². The lowest BCUT2D eigenvalue weighted by molar-refractivity contribution is 0.0976. The van der Waals surface area contributed by atoms with Crippen LogP contribution in [0, 0.1) is 5.82 Å². The average Bonchev–Trinajstić information content (AvgIpc) is 2.97. The standard InChI is InChI=1S/C20H17FN4O/c1-13-9-14-5-2-3-8-18(14)25(13)20(26)17-11-19(23-12-22-17)24-16-7-4-6-15(21)10-16/h2-8,10-13H,9H2,1H3,(H,22,23,24). The molecule has 0 spiro atoms. The molecule has 2 aromatic carbocycles. The fourth-order valence-electron chi connectivity index (χ4n) is 3.26. The summed E-state index contributed by atoms with van der Waals surface area (Å²) in [6, 6.07) is 15.6. The highest BCUT2D eigenvalue weighted by molar-refractivity contribution is 6.06. The number of carbonyl (C=O) groups excluding carboxylic acids is 1. The van der Waals surface area contributed by atoms with Crippen LogP contribution in [-0.4, -0.2) is 21.9 Å². The molecule has 1 N–H and O–H groups in total. The topological polar surface area (TPSA) is 58.1 Å². The second-order valence-electron chi connectivity index (χ2n) is 6.28. The molecule has 26 heavy (non-hydrogen) atoms. The van der Waals surface area contributed by atoms with Crippen molar-refractivity contribution >= 4 is 23.1 Å². The minimum absolute atomic E-state index is 0.0643. The molecule has 0 fully saturated rings. The molecule has 4 rings (SSSR count). The number of fused-ring (bicyclic) bond motifs is 1. The number of hydrogen-bond donors (Lipinski definition) is 1. The summed E-state index contributed by atoms with van der Waals surface area (Å²) in [6.07, 6.45) is 2.16. The second kappa shape index (κ2) is 6.55. The Labute approximate surface area is 150 Å². The van der Waals surface area contributed by atoms with Crippen LogP contribution in [0.15, 0.2) is 60.9 Å². The number of rotatable bonds is 3. The molecule has 6 heteroatoms. The summed E-state index contributed by atoms with van der Waals surface area (Å²) in [5.41, 5.74) is 2.92. The number of hydrogen-bond acceptors (Lipinski definition) is 4. The Balaban J connectivity index is 1.61. The van der Waals surface area contributed by atoms with Crippen LogP contribution in [0.1, 0.15) is 23.0 Å². The predicted molar refractivity (Wildman–Crippen MR) is 98.1 cm³/mol. The maximum atomic E-state index is 13.3. The Morgan fingerprint density at radius 3 is 2.85 bits per heavy atom. The molecule has 0 saturated carbocycles. The highest BCUT2D eigenvalue weighted by Gasteiger charge is 2.31. The number of amides is 1. The molecular weight excluding hydrogens is 331 g/mol. The van der Waals surface area contributed by atoms with Crippen LogP contribution in [-0.2, 0) is 6.42 Å². The SMILES string of the molecule is CC1Cc2ccccc2N1C(=O)c1cc(Nc2cccc(F)c2)ncn1. The van der Waals surface area contributed by atoms with Crippen LogP contribution in [0.2, 0.25) is 0 Å². The predicted octanol–water partition coefficient (Wildman–Crippen LogP) is 3.95. The quantitative estimate of drug-likeness (QED) is 0.779. The first-order valence-electron chi connectivity index (χ1n) is 8.38. The van der Waals surface area contributed by atoms with Gasteiger partial charge in [0, 0.05) is 23.5 Å². The minimum Gasteiger partial charge on any atom is -0.340 e. The highest BCUT2D eigenvalue weighted by atomic mass is 19.1. The molecule has 1 amide bonds. The average molecular weight is 348 g/mol. The molecule has 5 nitrogen and oxygen atoms in total. The molecule has 0 aliphatic carbocycles. The number of para-hydroxylation sites is 1. The number of nitrogens with one attached hydrogen (secondary N) is 1. The first-order chi connectivity index (χ1) is 12.6. The Kier molecular flexibility index (Phi) is 4.08. The van der Waals surface area contributed by atoms with E-state index in [1.165, 1.54) is 18.5 Å². The monoisotopic (exact) mass is 348 g/mol. The Bertz CT molecular complexity index is 975. The number of anilines is 3. The summed E-state index contributed by atoms with van der Waals surface area (Å²) < 4.78 is 13.3. The minimum atomic E-state index is -0.345. The molecule has 1 aliphatic heterocycles. The third-order valence-electron chi connectivity index (χ3n) is 4.41. The van der Waals surface area contributed by atoms with Gasteiger partial charge in [0.25, 0.3) is 5.91 Å². The molecule has 0 bridgehead atoms. The van der Waals surface area contributed by atoms with E-state index in [2.05, 4.69) is 15.3 Å². The van der Waals surface area contributed by atoms with Crippen LogP contribution in [0.25, 0.3) is 0 Å². The van der Waals surface area contributed by atoms with Crippen LogP contribution in [0.5, 0.6) is 0 Å². The molecule has 1 aromatic heterocycles. The van der Waals surface area contributed by atoms with Gasteiger partial charge in [0.05, 0.1) is 0 Å². The lowest BCUT2D eigenvalue weighted by Gasteiger charge is -2.22. The summed E-state index contributed by atoms with van der Waals surface area (Å²) in [4.78, 5) is 23.0. The van der Waals surface area contributed by atoms with Crippen molar-refractivity contribution in [1.29, 1.82) is 0 Å². The zero-order chi connectivity index (χ0) is 18.1. The Morgan fingerprint density at radius 2 is 2.00 bits per heavy atom. The summed E-state index contributed by atoms with van der Waals surface area (Å²) in [5, 5.41) is 3.00. The van der Waals surface area contributed by atoms with E-state index in [1.54, 1.807) is 23.1 Å². The summed E-state index contributed by atoms with van der Waals surface area (Å²) in [6.45, 7) is 2.02. The number of aromatic nitrogens is 2. The first-order valence-corrected chi connectivity index (χ1v) is 8.38. The van der Waals surface area contributed by atoms with Crippen molar-refractivity contribution in [2.24, 2.45) is 0 Å². The lowest BCUT2D eigenvalue weighted by atomic mass is 10.1. The van der Waals surface area contributed by atoms with Gasteiger partial charge in [-0.1, -0.05) is 24.3 Å². The van der Waals surface area contributed by atoms with Crippen LogP contribution in [0.4, 0.5) is 21.6 Å². The molecule has 1 atom stereocenters. The maximum absolute atomic E-state index is 13.3. The van der Waals surface area contributed by atoms with Crippen molar-refractivity contribution in [1.82, 2.24) is 9.97 Å². The molecule has 1 unspecified atom stereocenters. The van der Waals surface area contributed by atoms with Crippen molar-refractivity contribution in [3.05, 3.63) is 78.0 Å². The fraction of sp³-hybridized carbons (Fsp3) is 0.150. The Hall–Kier alpha value is -3.28. The normalized spacial score (nSPS) is 15.6.